The van der Waals surface area contributed by atoms with Gasteiger partial charge in [0, 0.05) is 41.5 Å². The number of thiophene rings is 1. The first kappa shape index (κ1) is 26.1. The molecule has 1 aliphatic heterocycles. The van der Waals surface area contributed by atoms with Crippen LogP contribution < -0.4 is 15.8 Å². The van der Waals surface area contributed by atoms with Gasteiger partial charge in [-0.2, -0.15) is 9.78 Å². The van der Waals surface area contributed by atoms with E-state index in [4.69, 9.17) is 20.8 Å². The first-order valence-corrected chi connectivity index (χ1v) is 14.0. The molecule has 1 fully saturated rings. The lowest BCUT2D eigenvalue weighted by Gasteiger charge is -2.28. The molecule has 40 heavy (non-hydrogen) atoms. The van der Waals surface area contributed by atoms with Crippen LogP contribution >= 0.6 is 22.9 Å². The summed E-state index contributed by atoms with van der Waals surface area (Å²) in [4.78, 5) is 30.3. The van der Waals surface area contributed by atoms with Crippen molar-refractivity contribution in [2.24, 2.45) is 0 Å². The van der Waals surface area contributed by atoms with Gasteiger partial charge in [-0.25, -0.2) is 0 Å². The molecule has 5 aromatic rings. The molecule has 0 saturated carbocycles. The van der Waals surface area contributed by atoms with E-state index in [1.54, 1.807) is 53.4 Å². The normalized spacial score (nSPS) is 13.5. The molecule has 0 aliphatic carbocycles. The second kappa shape index (κ2) is 11.5. The molecule has 0 amide bonds. The predicted molar refractivity (Wildman–Crippen MR) is 156 cm³/mol. The molecule has 1 saturated heterocycles. The van der Waals surface area contributed by atoms with E-state index in [1.165, 1.54) is 16.0 Å². The molecule has 1 aliphatic rings. The summed E-state index contributed by atoms with van der Waals surface area (Å²) in [7, 11) is 0. The number of pyridine rings is 1. The second-order valence-corrected chi connectivity index (χ2v) is 11.1. The number of hydrogen-bond acceptors (Lipinski definition) is 8. The topological polar surface area (TPSA) is 94.5 Å². The van der Waals surface area contributed by atoms with Gasteiger partial charge in [0.25, 0.3) is 11.5 Å². The van der Waals surface area contributed by atoms with Gasteiger partial charge in [0.1, 0.15) is 17.3 Å². The maximum atomic E-state index is 13.7. The summed E-state index contributed by atoms with van der Waals surface area (Å²) in [6, 6.07) is 20.1. The number of nitrogens with one attached hydrogen (secondary N) is 1. The molecular weight excluding hydrogens is 550 g/mol. The number of ether oxygens (including phenoxy) is 1. The Morgan fingerprint density at radius 2 is 1.88 bits per heavy atom. The van der Waals surface area contributed by atoms with Crippen LogP contribution in [0.4, 0.5) is 11.5 Å². The van der Waals surface area contributed by atoms with Gasteiger partial charge in [-0.1, -0.05) is 11.6 Å². The van der Waals surface area contributed by atoms with Crippen LogP contribution in [-0.2, 0) is 17.8 Å². The van der Waals surface area contributed by atoms with E-state index in [0.29, 0.717) is 59.0 Å². The van der Waals surface area contributed by atoms with E-state index < -0.39 is 0 Å². The molecule has 0 unspecified atom stereocenters. The molecule has 0 spiro atoms. The molecule has 5 heterocycles. The zero-order chi connectivity index (χ0) is 27.5. The van der Waals surface area contributed by atoms with E-state index in [1.807, 2.05) is 30.3 Å². The Balaban J connectivity index is 1.32. The van der Waals surface area contributed by atoms with Crippen LogP contribution in [-0.4, -0.2) is 46.6 Å². The Kier molecular flexibility index (Phi) is 7.54. The van der Waals surface area contributed by atoms with Crippen LogP contribution in [0.15, 0.2) is 88.4 Å². The number of aromatic nitrogens is 3. The van der Waals surface area contributed by atoms with Crippen molar-refractivity contribution < 1.29 is 13.9 Å². The van der Waals surface area contributed by atoms with Gasteiger partial charge < -0.3 is 23.9 Å². The van der Waals surface area contributed by atoms with E-state index >= 15 is 0 Å². The largest absolute Gasteiger partial charge is 0.467 e. The van der Waals surface area contributed by atoms with Crippen molar-refractivity contribution in [3.63, 3.8) is 0 Å². The molecular formula is C29H26ClN5O4S. The molecule has 0 atom stereocenters. The van der Waals surface area contributed by atoms with E-state index in [-0.39, 0.29) is 11.5 Å². The summed E-state index contributed by atoms with van der Waals surface area (Å²) in [5.41, 5.74) is 2.06. The van der Waals surface area contributed by atoms with Gasteiger partial charge in [0.2, 0.25) is 0 Å². The lowest BCUT2D eigenvalue weighted by Crippen LogP contribution is -2.36. The average molecular weight is 576 g/mol. The van der Waals surface area contributed by atoms with Gasteiger partial charge in [0.05, 0.1) is 42.5 Å². The highest BCUT2D eigenvalue weighted by Gasteiger charge is 2.20. The summed E-state index contributed by atoms with van der Waals surface area (Å²) in [6.45, 7) is 3.73. The highest BCUT2D eigenvalue weighted by Crippen LogP contribution is 2.25. The number of morpholine rings is 1. The fourth-order valence-corrected chi connectivity index (χ4v) is 5.63. The van der Waals surface area contributed by atoms with Gasteiger partial charge in [-0.05, 0) is 60.7 Å². The first-order chi connectivity index (χ1) is 19.5. The van der Waals surface area contributed by atoms with Crippen LogP contribution in [0, 0.1) is 0 Å². The number of anilines is 2. The molecule has 6 rings (SSSR count). The zero-order valence-corrected chi connectivity index (χ0v) is 23.0. The Hall–Kier alpha value is -4.12. The Labute approximate surface area is 239 Å². The van der Waals surface area contributed by atoms with Gasteiger partial charge >= 0.3 is 0 Å². The van der Waals surface area contributed by atoms with Crippen molar-refractivity contribution in [3.8, 4) is 11.3 Å². The molecule has 0 radical (unpaired) electrons. The van der Waals surface area contributed by atoms with E-state index in [9.17, 15) is 9.59 Å². The summed E-state index contributed by atoms with van der Waals surface area (Å²) in [5.74, 6) is 0.832. The summed E-state index contributed by atoms with van der Waals surface area (Å²) in [5, 5.41) is 7.91. The smallest absolute Gasteiger partial charge is 0.280 e. The average Bonchev–Trinajstić information content (AvgIpc) is 3.75. The third kappa shape index (κ3) is 5.60. The van der Waals surface area contributed by atoms with Crippen molar-refractivity contribution in [2.75, 3.05) is 36.5 Å². The summed E-state index contributed by atoms with van der Waals surface area (Å²) < 4.78 is 14.4. The van der Waals surface area contributed by atoms with Crippen molar-refractivity contribution in [2.45, 2.75) is 13.1 Å². The Bertz CT molecular complexity index is 1670. The van der Waals surface area contributed by atoms with Crippen molar-refractivity contribution in [1.82, 2.24) is 14.3 Å². The number of rotatable bonds is 8. The quantitative estimate of drug-likeness (QED) is 0.271. The summed E-state index contributed by atoms with van der Waals surface area (Å²) >= 11 is 7.56. The molecule has 9 nitrogen and oxygen atoms in total. The minimum absolute atomic E-state index is 0.234. The number of hydrogen-bond donors (Lipinski definition) is 1. The molecule has 204 valence electrons. The number of benzene rings is 1. The van der Waals surface area contributed by atoms with Crippen LogP contribution in [0.3, 0.4) is 0 Å². The van der Waals surface area contributed by atoms with Gasteiger partial charge in [-0.3, -0.25) is 9.59 Å². The van der Waals surface area contributed by atoms with Crippen LogP contribution in [0.1, 0.15) is 21.0 Å². The molecule has 0 bridgehead atoms. The minimum Gasteiger partial charge on any atom is -0.467 e. The maximum absolute atomic E-state index is 13.7. The van der Waals surface area contributed by atoms with Gasteiger partial charge in [0.15, 0.2) is 0 Å². The maximum Gasteiger partial charge on any atom is 0.280 e. The fraction of sp³-hybridized carbons (Fsp3) is 0.207. The number of nitrogens with zero attached hydrogens (tertiary/aromatic N) is 4. The van der Waals surface area contributed by atoms with Crippen LogP contribution in [0.25, 0.3) is 11.3 Å². The SMILES string of the molecule is O=C(c1ccc(N2CCOCC2)cc1)n1nc(-c2cccn(Cc3ccco3)c2=O)cc1NCc1ccc(Cl)s1. The third-order valence-corrected chi connectivity index (χ3v) is 7.90. The number of halogens is 1. The first-order valence-electron chi connectivity index (χ1n) is 12.8. The van der Waals surface area contributed by atoms with Gasteiger partial charge in [-0.15, -0.1) is 11.3 Å². The van der Waals surface area contributed by atoms with E-state index in [2.05, 4.69) is 15.3 Å². The fourth-order valence-electron chi connectivity index (χ4n) is 4.60. The third-order valence-electron chi connectivity index (χ3n) is 6.67. The second-order valence-electron chi connectivity index (χ2n) is 9.27. The number of carbonyl (C=O) groups excluding carboxylic acids is 1. The van der Waals surface area contributed by atoms with E-state index in [0.717, 1.165) is 23.7 Å². The number of furan rings is 1. The lowest BCUT2D eigenvalue weighted by molar-refractivity contribution is 0.0947. The monoisotopic (exact) mass is 575 g/mol. The minimum atomic E-state index is -0.307. The van der Waals surface area contributed by atoms with Crippen molar-refractivity contribution in [1.29, 1.82) is 0 Å². The van der Waals surface area contributed by atoms with Crippen LogP contribution in [0.2, 0.25) is 4.34 Å². The lowest BCUT2D eigenvalue weighted by atomic mass is 10.1. The molecule has 1 aromatic carbocycles. The molecule has 4 aromatic heterocycles. The highest BCUT2D eigenvalue weighted by molar-refractivity contribution is 7.16. The summed E-state index contributed by atoms with van der Waals surface area (Å²) in [6.07, 6.45) is 3.27. The van der Waals surface area contributed by atoms with Crippen molar-refractivity contribution in [3.05, 3.63) is 110 Å². The zero-order valence-electron chi connectivity index (χ0n) is 21.5. The molecule has 1 N–H and O–H groups in total. The number of carbonyl (C=O) groups is 1. The van der Waals surface area contributed by atoms with Crippen LogP contribution in [0.5, 0.6) is 0 Å². The Morgan fingerprint density at radius 1 is 1.05 bits per heavy atom. The standard InChI is InChI=1S/C29H26ClN5O4S/c30-26-10-9-23(40-26)18-31-27-17-25(24-4-1-11-34(29(24)37)19-22-3-2-14-39-22)32-35(27)28(36)20-5-7-21(8-6-20)33-12-15-38-16-13-33/h1-11,14,17,31H,12-13,15-16,18-19H2. The highest BCUT2D eigenvalue weighted by atomic mass is 35.5. The molecule has 11 heteroatoms. The van der Waals surface area contributed by atoms with Crippen molar-refractivity contribution >= 4 is 40.4 Å². The Morgan fingerprint density at radius 3 is 2.60 bits per heavy atom. The predicted octanol–water partition coefficient (Wildman–Crippen LogP) is 5.21.